The Morgan fingerprint density at radius 2 is 1.96 bits per heavy atom. The minimum atomic E-state index is -0.278. The van der Waals surface area contributed by atoms with Crippen molar-refractivity contribution >= 4 is 17.2 Å². The van der Waals surface area contributed by atoms with Gasteiger partial charge in [0.2, 0.25) is 5.91 Å². The van der Waals surface area contributed by atoms with Crippen molar-refractivity contribution in [3.63, 3.8) is 0 Å². The molecule has 2 unspecified atom stereocenters. The molecule has 0 aliphatic carbocycles. The van der Waals surface area contributed by atoms with Crippen molar-refractivity contribution in [2.75, 3.05) is 7.11 Å². The number of nitrogens with one attached hydrogen (secondary N) is 3. The molecule has 0 bridgehead atoms. The Morgan fingerprint density at radius 1 is 1.18 bits per heavy atom. The first-order valence-corrected chi connectivity index (χ1v) is 10.0. The van der Waals surface area contributed by atoms with Gasteiger partial charge in [0, 0.05) is 17.0 Å². The predicted octanol–water partition coefficient (Wildman–Crippen LogP) is 3.04. The molecule has 1 aromatic heterocycles. The Hall–Kier alpha value is -2.74. The van der Waals surface area contributed by atoms with E-state index in [4.69, 9.17) is 4.74 Å². The van der Waals surface area contributed by atoms with Crippen LogP contribution in [0.25, 0.3) is 10.6 Å². The fraction of sp³-hybridized carbons (Fsp3) is 0.238. The molecule has 2 heterocycles. The van der Waals surface area contributed by atoms with Crippen LogP contribution in [0.2, 0.25) is 0 Å². The van der Waals surface area contributed by atoms with Gasteiger partial charge in [-0.2, -0.15) is 0 Å². The highest BCUT2D eigenvalue weighted by Crippen LogP contribution is 2.25. The topological polar surface area (TPSA) is 75.3 Å². The number of methoxy groups -OCH3 is 1. The summed E-state index contributed by atoms with van der Waals surface area (Å²) >= 11 is 1.59. The molecule has 0 spiro atoms. The number of aromatic nitrogens is 1. The molecule has 1 amide bonds. The van der Waals surface area contributed by atoms with Gasteiger partial charge < -0.3 is 10.1 Å². The molecule has 2 atom stereocenters. The van der Waals surface area contributed by atoms with Crippen molar-refractivity contribution in [1.82, 2.24) is 21.2 Å². The largest absolute Gasteiger partial charge is 0.497 e. The van der Waals surface area contributed by atoms with Gasteiger partial charge >= 0.3 is 0 Å². The highest BCUT2D eigenvalue weighted by atomic mass is 32.1. The molecule has 0 radical (unpaired) electrons. The molecule has 4 rings (SSSR count). The molecule has 144 valence electrons. The molecule has 7 heteroatoms. The summed E-state index contributed by atoms with van der Waals surface area (Å²) in [5.74, 6) is 0.792. The first kappa shape index (κ1) is 18.6. The van der Waals surface area contributed by atoms with E-state index >= 15 is 0 Å². The van der Waals surface area contributed by atoms with Crippen LogP contribution in [-0.2, 0) is 11.3 Å². The van der Waals surface area contributed by atoms with E-state index in [9.17, 15) is 4.79 Å². The van der Waals surface area contributed by atoms with E-state index in [1.807, 2.05) is 60.0 Å². The molecular weight excluding hydrogens is 372 g/mol. The standard InChI is InChI=1S/C21H22N4O2S/c1-27-17-9-7-14(8-10-17)18-11-19(25-24-18)20(26)22-12-16-13-28-21(23-16)15-5-3-2-4-6-15/h2-10,13,18-19,24-25H,11-12H2,1H3,(H,22,26). The van der Waals surface area contributed by atoms with E-state index in [1.165, 1.54) is 0 Å². The molecule has 1 fully saturated rings. The summed E-state index contributed by atoms with van der Waals surface area (Å²) in [6, 6.07) is 17.7. The number of carbonyl (C=O) groups is 1. The first-order valence-electron chi connectivity index (χ1n) is 9.15. The Bertz CT molecular complexity index is 927. The molecule has 1 aliphatic heterocycles. The molecule has 1 saturated heterocycles. The lowest BCUT2D eigenvalue weighted by atomic mass is 10.0. The summed E-state index contributed by atoms with van der Waals surface area (Å²) in [6.45, 7) is 0.424. The highest BCUT2D eigenvalue weighted by molar-refractivity contribution is 7.13. The van der Waals surface area contributed by atoms with Crippen LogP contribution in [0.1, 0.15) is 23.7 Å². The number of benzene rings is 2. The summed E-state index contributed by atoms with van der Waals surface area (Å²) in [5.41, 5.74) is 9.37. The van der Waals surface area contributed by atoms with E-state index in [1.54, 1.807) is 18.4 Å². The quantitative estimate of drug-likeness (QED) is 0.599. The summed E-state index contributed by atoms with van der Waals surface area (Å²) in [4.78, 5) is 17.1. The average Bonchev–Trinajstić information content (AvgIpc) is 3.43. The van der Waals surface area contributed by atoms with E-state index < -0.39 is 0 Å². The minimum absolute atomic E-state index is 0.0298. The van der Waals surface area contributed by atoms with Crippen molar-refractivity contribution in [2.45, 2.75) is 25.0 Å². The van der Waals surface area contributed by atoms with Gasteiger partial charge in [-0.3, -0.25) is 4.79 Å². The number of nitrogens with zero attached hydrogens (tertiary/aromatic N) is 1. The third-order valence-electron chi connectivity index (χ3n) is 4.75. The van der Waals surface area contributed by atoms with Gasteiger partial charge in [-0.25, -0.2) is 15.8 Å². The molecule has 3 aromatic rings. The van der Waals surface area contributed by atoms with Crippen LogP contribution >= 0.6 is 11.3 Å². The number of ether oxygens (including phenoxy) is 1. The normalized spacial score (nSPS) is 18.8. The first-order chi connectivity index (χ1) is 13.7. The van der Waals surface area contributed by atoms with Crippen LogP contribution < -0.4 is 20.9 Å². The van der Waals surface area contributed by atoms with E-state index in [2.05, 4.69) is 21.2 Å². The van der Waals surface area contributed by atoms with Crippen molar-refractivity contribution in [3.8, 4) is 16.3 Å². The lowest BCUT2D eigenvalue weighted by Crippen LogP contribution is -2.42. The maximum Gasteiger partial charge on any atom is 0.238 e. The lowest BCUT2D eigenvalue weighted by molar-refractivity contribution is -0.123. The summed E-state index contributed by atoms with van der Waals surface area (Å²) in [7, 11) is 1.65. The second kappa shape index (κ2) is 8.52. The maximum atomic E-state index is 12.5. The molecule has 28 heavy (non-hydrogen) atoms. The van der Waals surface area contributed by atoms with Crippen molar-refractivity contribution < 1.29 is 9.53 Å². The fourth-order valence-electron chi connectivity index (χ4n) is 3.19. The van der Waals surface area contributed by atoms with Gasteiger partial charge in [0.15, 0.2) is 0 Å². The number of rotatable bonds is 6. The van der Waals surface area contributed by atoms with Crippen LogP contribution in [0.3, 0.4) is 0 Å². The minimum Gasteiger partial charge on any atom is -0.497 e. The number of hydrogen-bond donors (Lipinski definition) is 3. The summed E-state index contributed by atoms with van der Waals surface area (Å²) in [6.07, 6.45) is 0.685. The predicted molar refractivity (Wildman–Crippen MR) is 110 cm³/mol. The SMILES string of the molecule is COc1ccc(C2CC(C(=O)NCc3csc(-c4ccccc4)n3)NN2)cc1. The van der Waals surface area contributed by atoms with E-state index in [0.717, 1.165) is 27.6 Å². The number of thiazole rings is 1. The number of amides is 1. The van der Waals surface area contributed by atoms with Gasteiger partial charge in [0.05, 0.1) is 19.3 Å². The Labute approximate surface area is 167 Å². The van der Waals surface area contributed by atoms with E-state index in [-0.39, 0.29) is 18.0 Å². The lowest BCUT2D eigenvalue weighted by Gasteiger charge is -2.10. The monoisotopic (exact) mass is 394 g/mol. The van der Waals surface area contributed by atoms with Crippen LogP contribution in [0.5, 0.6) is 5.75 Å². The molecule has 3 N–H and O–H groups in total. The second-order valence-corrected chi connectivity index (χ2v) is 7.49. The van der Waals surface area contributed by atoms with Gasteiger partial charge in [0.25, 0.3) is 0 Å². The molecule has 2 aromatic carbocycles. The zero-order valence-electron chi connectivity index (χ0n) is 15.5. The Balaban J connectivity index is 1.30. The smallest absolute Gasteiger partial charge is 0.238 e. The average molecular weight is 394 g/mol. The van der Waals surface area contributed by atoms with Gasteiger partial charge in [-0.1, -0.05) is 42.5 Å². The van der Waals surface area contributed by atoms with Crippen molar-refractivity contribution in [2.24, 2.45) is 0 Å². The zero-order valence-corrected chi connectivity index (χ0v) is 16.3. The Morgan fingerprint density at radius 3 is 2.71 bits per heavy atom. The second-order valence-electron chi connectivity index (χ2n) is 6.63. The van der Waals surface area contributed by atoms with Crippen molar-refractivity contribution in [1.29, 1.82) is 0 Å². The highest BCUT2D eigenvalue weighted by Gasteiger charge is 2.30. The van der Waals surface area contributed by atoms with E-state index in [0.29, 0.717) is 13.0 Å². The maximum absolute atomic E-state index is 12.5. The summed E-state index contributed by atoms with van der Waals surface area (Å²) < 4.78 is 5.19. The number of hydrazine groups is 1. The molecule has 6 nitrogen and oxygen atoms in total. The van der Waals surface area contributed by atoms with Gasteiger partial charge in [0.1, 0.15) is 16.8 Å². The third kappa shape index (κ3) is 4.22. The number of carbonyl (C=O) groups excluding carboxylic acids is 1. The zero-order chi connectivity index (χ0) is 19.3. The fourth-order valence-corrected chi connectivity index (χ4v) is 4.01. The Kier molecular flexibility index (Phi) is 5.66. The molecule has 0 saturated carbocycles. The number of hydrogen-bond acceptors (Lipinski definition) is 6. The van der Waals surface area contributed by atoms with Crippen molar-refractivity contribution in [3.05, 3.63) is 71.2 Å². The van der Waals surface area contributed by atoms with Gasteiger partial charge in [-0.15, -0.1) is 11.3 Å². The molecule has 1 aliphatic rings. The van der Waals surface area contributed by atoms with Gasteiger partial charge in [-0.05, 0) is 24.1 Å². The van der Waals surface area contributed by atoms with Crippen LogP contribution in [0, 0.1) is 0 Å². The molecular formula is C21H22N4O2S. The van der Waals surface area contributed by atoms with Crippen LogP contribution in [0.15, 0.2) is 60.0 Å². The third-order valence-corrected chi connectivity index (χ3v) is 5.69. The summed E-state index contributed by atoms with van der Waals surface area (Å²) in [5, 5.41) is 5.93. The van der Waals surface area contributed by atoms with Crippen LogP contribution in [0.4, 0.5) is 0 Å². The van der Waals surface area contributed by atoms with Crippen LogP contribution in [-0.4, -0.2) is 24.0 Å².